The molecule has 0 amide bonds. The van der Waals surface area contributed by atoms with E-state index in [0.29, 0.717) is 32.4 Å². The van der Waals surface area contributed by atoms with Gasteiger partial charge in [0.2, 0.25) is 0 Å². The zero-order valence-electron chi connectivity index (χ0n) is 15.7. The molecule has 0 aromatic heterocycles. The molecule has 1 aliphatic carbocycles. The van der Waals surface area contributed by atoms with Crippen LogP contribution in [0.5, 0.6) is 11.5 Å². The topological polar surface area (TPSA) is 70.0 Å². The molecule has 5 nitrogen and oxygen atoms in total. The second kappa shape index (κ2) is 7.05. The van der Waals surface area contributed by atoms with E-state index in [1.54, 1.807) is 12.1 Å². The molecule has 0 bridgehead atoms. The Morgan fingerprint density at radius 3 is 2.85 bits per heavy atom. The first-order valence-electron chi connectivity index (χ1n) is 9.40. The Morgan fingerprint density at radius 1 is 1.42 bits per heavy atom. The van der Waals surface area contributed by atoms with E-state index in [9.17, 15) is 15.0 Å². The van der Waals surface area contributed by atoms with Gasteiger partial charge in [0, 0.05) is 30.1 Å². The summed E-state index contributed by atoms with van der Waals surface area (Å²) in [5.74, 6) is 1.00. The number of benzene rings is 1. The van der Waals surface area contributed by atoms with Crippen LogP contribution in [0.3, 0.4) is 0 Å². The van der Waals surface area contributed by atoms with Crippen molar-refractivity contribution in [3.05, 3.63) is 35.9 Å². The molecular formula is C21H29NO4. The summed E-state index contributed by atoms with van der Waals surface area (Å²) >= 11 is 0. The van der Waals surface area contributed by atoms with Gasteiger partial charge in [0.25, 0.3) is 0 Å². The van der Waals surface area contributed by atoms with E-state index in [-0.39, 0.29) is 11.8 Å². The van der Waals surface area contributed by atoms with Crippen molar-refractivity contribution >= 4 is 6.29 Å². The minimum Gasteiger partial charge on any atom is -0.508 e. The molecule has 142 valence electrons. The summed E-state index contributed by atoms with van der Waals surface area (Å²) in [5.41, 5.74) is 0.0707. The maximum absolute atomic E-state index is 12.1. The van der Waals surface area contributed by atoms with Gasteiger partial charge in [-0.1, -0.05) is 19.4 Å². The number of ether oxygens (including phenoxy) is 1. The van der Waals surface area contributed by atoms with Crippen LogP contribution in [-0.4, -0.2) is 53.2 Å². The Balaban J connectivity index is 2.22. The van der Waals surface area contributed by atoms with E-state index < -0.39 is 11.0 Å². The normalized spacial score (nSPS) is 29.3. The highest BCUT2D eigenvalue weighted by Gasteiger charge is 2.63. The molecular weight excluding hydrogens is 330 g/mol. The smallest absolute Gasteiger partial charge is 0.123 e. The van der Waals surface area contributed by atoms with E-state index in [1.165, 1.54) is 0 Å². The summed E-state index contributed by atoms with van der Waals surface area (Å²) in [5, 5.41) is 22.6. The SMILES string of the molecule is C=CCN(C)C1Cc2c(O)ccc3c2[C@@](CCC)(CO3)C1(O)CCC=O. The van der Waals surface area contributed by atoms with Gasteiger partial charge in [-0.3, -0.25) is 4.90 Å². The maximum Gasteiger partial charge on any atom is 0.123 e. The highest BCUT2D eigenvalue weighted by Crippen LogP contribution is 2.58. The van der Waals surface area contributed by atoms with Crippen molar-refractivity contribution in [1.82, 2.24) is 4.90 Å². The van der Waals surface area contributed by atoms with E-state index >= 15 is 0 Å². The van der Waals surface area contributed by atoms with Gasteiger partial charge in [-0.05, 0) is 38.4 Å². The van der Waals surface area contributed by atoms with E-state index in [0.717, 1.165) is 36.0 Å². The first kappa shape index (κ1) is 18.9. The largest absolute Gasteiger partial charge is 0.508 e. The Labute approximate surface area is 155 Å². The second-order valence-corrected chi connectivity index (χ2v) is 7.63. The summed E-state index contributed by atoms with van der Waals surface area (Å²) in [6.45, 7) is 6.90. The number of phenols is 1. The van der Waals surface area contributed by atoms with Crippen LogP contribution in [-0.2, 0) is 16.6 Å². The minimum atomic E-state index is -1.12. The molecule has 1 aromatic rings. The maximum atomic E-state index is 12.1. The van der Waals surface area contributed by atoms with Crippen LogP contribution >= 0.6 is 0 Å². The molecule has 1 heterocycles. The number of aliphatic hydroxyl groups is 1. The van der Waals surface area contributed by atoms with E-state index in [1.807, 2.05) is 13.1 Å². The van der Waals surface area contributed by atoms with E-state index in [2.05, 4.69) is 18.4 Å². The molecule has 1 aliphatic heterocycles. The van der Waals surface area contributed by atoms with Crippen molar-refractivity contribution in [2.24, 2.45) is 0 Å². The molecule has 2 unspecified atom stereocenters. The molecule has 5 heteroatoms. The quantitative estimate of drug-likeness (QED) is 0.551. The van der Waals surface area contributed by atoms with Crippen LogP contribution in [0.1, 0.15) is 43.7 Å². The lowest BCUT2D eigenvalue weighted by molar-refractivity contribution is -0.126. The average Bonchev–Trinajstić information content (AvgIpc) is 3.00. The zero-order valence-corrected chi connectivity index (χ0v) is 15.7. The number of rotatable bonds is 8. The van der Waals surface area contributed by atoms with Crippen molar-refractivity contribution < 1.29 is 19.7 Å². The zero-order chi connectivity index (χ0) is 18.9. The van der Waals surface area contributed by atoms with Gasteiger partial charge in [0.15, 0.2) is 0 Å². The number of likely N-dealkylation sites (N-methyl/N-ethyl adjacent to an activating group) is 1. The van der Waals surface area contributed by atoms with Crippen LogP contribution in [0.4, 0.5) is 0 Å². The van der Waals surface area contributed by atoms with Crippen LogP contribution < -0.4 is 4.74 Å². The van der Waals surface area contributed by atoms with Crippen molar-refractivity contribution in [3.63, 3.8) is 0 Å². The summed E-state index contributed by atoms with van der Waals surface area (Å²) < 4.78 is 6.00. The summed E-state index contributed by atoms with van der Waals surface area (Å²) in [6, 6.07) is 3.23. The van der Waals surface area contributed by atoms with E-state index in [4.69, 9.17) is 4.74 Å². The minimum absolute atomic E-state index is 0.234. The molecule has 26 heavy (non-hydrogen) atoms. The van der Waals surface area contributed by atoms with Crippen LogP contribution in [0.25, 0.3) is 0 Å². The predicted octanol–water partition coefficient (Wildman–Crippen LogP) is 2.58. The number of phenolic OH excluding ortho intramolecular Hbond substituents is 1. The molecule has 2 N–H and O–H groups in total. The lowest BCUT2D eigenvalue weighted by atomic mass is 9.55. The van der Waals surface area contributed by atoms with Gasteiger partial charge >= 0.3 is 0 Å². The number of nitrogens with zero attached hydrogens (tertiary/aromatic N) is 1. The molecule has 0 spiro atoms. The van der Waals surface area contributed by atoms with Gasteiger partial charge in [-0.2, -0.15) is 0 Å². The van der Waals surface area contributed by atoms with Gasteiger partial charge in [0.05, 0.1) is 11.0 Å². The average molecular weight is 359 g/mol. The van der Waals surface area contributed by atoms with Crippen molar-refractivity contribution in [2.75, 3.05) is 20.2 Å². The Kier molecular flexibility index (Phi) is 5.13. The summed E-state index contributed by atoms with van der Waals surface area (Å²) in [4.78, 5) is 13.2. The number of hydrogen-bond acceptors (Lipinski definition) is 5. The molecule has 0 saturated heterocycles. The Bertz CT molecular complexity index is 699. The lowest BCUT2D eigenvalue weighted by Crippen LogP contribution is -2.67. The molecule has 2 aliphatic rings. The molecule has 0 radical (unpaired) electrons. The molecule has 3 rings (SSSR count). The third-order valence-corrected chi connectivity index (χ3v) is 6.25. The lowest BCUT2D eigenvalue weighted by Gasteiger charge is -2.55. The predicted molar refractivity (Wildman–Crippen MR) is 101 cm³/mol. The first-order chi connectivity index (χ1) is 12.4. The first-order valence-corrected chi connectivity index (χ1v) is 9.40. The molecule has 0 fully saturated rings. The molecule has 1 aromatic carbocycles. The van der Waals surface area contributed by atoms with Crippen LogP contribution in [0, 0.1) is 0 Å². The number of aldehydes is 1. The standard InChI is InChI=1S/C21H29NO4/c1-4-9-20-14-26-17-8-7-16(24)15(19(17)20)13-18(22(3)11-5-2)21(20,25)10-6-12-23/h5,7-8,12,18,24-25H,2,4,6,9-11,13-14H2,1,3H3/t18?,20-,21?/m1/s1. The second-order valence-electron chi connectivity index (χ2n) is 7.63. The number of carbonyl (C=O) groups excluding carboxylic acids is 1. The fraction of sp³-hybridized carbons (Fsp3) is 0.571. The Morgan fingerprint density at radius 2 is 2.19 bits per heavy atom. The fourth-order valence-corrected chi connectivity index (χ4v) is 5.14. The van der Waals surface area contributed by atoms with Crippen molar-refractivity contribution in [2.45, 2.75) is 56.1 Å². The molecule has 3 atom stereocenters. The van der Waals surface area contributed by atoms with Gasteiger partial charge in [0.1, 0.15) is 24.4 Å². The van der Waals surface area contributed by atoms with Gasteiger partial charge in [-0.25, -0.2) is 0 Å². The molecule has 0 saturated carbocycles. The number of aromatic hydroxyl groups is 1. The Hall–Kier alpha value is -1.85. The summed E-state index contributed by atoms with van der Waals surface area (Å²) in [7, 11) is 1.96. The third kappa shape index (κ3) is 2.57. The monoisotopic (exact) mass is 359 g/mol. The highest BCUT2D eigenvalue weighted by molar-refractivity contribution is 5.59. The van der Waals surface area contributed by atoms with Gasteiger partial charge in [-0.15, -0.1) is 6.58 Å². The van der Waals surface area contributed by atoms with Crippen molar-refractivity contribution in [3.8, 4) is 11.5 Å². The van der Waals surface area contributed by atoms with Crippen LogP contribution in [0.15, 0.2) is 24.8 Å². The number of hydrogen-bond donors (Lipinski definition) is 2. The highest BCUT2D eigenvalue weighted by atomic mass is 16.5. The third-order valence-electron chi connectivity index (χ3n) is 6.25. The number of carbonyl (C=O) groups is 1. The van der Waals surface area contributed by atoms with Gasteiger partial charge < -0.3 is 19.7 Å². The van der Waals surface area contributed by atoms with Crippen LogP contribution in [0.2, 0.25) is 0 Å². The fourth-order valence-electron chi connectivity index (χ4n) is 5.14. The summed E-state index contributed by atoms with van der Waals surface area (Å²) in [6.07, 6.45) is 5.48. The van der Waals surface area contributed by atoms with Crippen molar-refractivity contribution in [1.29, 1.82) is 0 Å².